The number of nitrogens with one attached hydrogen (secondary N) is 1. The second kappa shape index (κ2) is 7.61. The third-order valence-corrected chi connectivity index (χ3v) is 3.42. The highest BCUT2D eigenvalue weighted by Crippen LogP contribution is 2.29. The van der Waals surface area contributed by atoms with Crippen LogP contribution in [0.1, 0.15) is 6.92 Å². The van der Waals surface area contributed by atoms with Crippen LogP contribution in [0, 0.1) is 5.92 Å². The van der Waals surface area contributed by atoms with Crippen molar-refractivity contribution in [3.05, 3.63) is 40.6 Å². The van der Waals surface area contributed by atoms with Gasteiger partial charge in [0.05, 0.1) is 28.7 Å². The molecule has 0 spiro atoms. The van der Waals surface area contributed by atoms with Crippen LogP contribution in [-0.4, -0.2) is 22.3 Å². The fourth-order valence-corrected chi connectivity index (χ4v) is 2.22. The van der Waals surface area contributed by atoms with Crippen molar-refractivity contribution >= 4 is 34.8 Å². The maximum atomic E-state index is 12.2. The molecule has 5 nitrogen and oxygen atoms in total. The zero-order valence-corrected chi connectivity index (χ0v) is 13.5. The van der Waals surface area contributed by atoms with Crippen LogP contribution in [0.2, 0.25) is 10.0 Å². The molecule has 0 aliphatic carbocycles. The minimum absolute atomic E-state index is 0.0189. The highest BCUT2D eigenvalue weighted by atomic mass is 35.5. The van der Waals surface area contributed by atoms with Gasteiger partial charge in [-0.3, -0.25) is 9.48 Å². The second-order valence-electron chi connectivity index (χ2n) is 4.79. The van der Waals surface area contributed by atoms with Gasteiger partial charge >= 0.3 is 6.61 Å². The molecule has 0 bridgehead atoms. The van der Waals surface area contributed by atoms with Gasteiger partial charge < -0.3 is 10.1 Å². The van der Waals surface area contributed by atoms with E-state index in [1.807, 2.05) is 0 Å². The third-order valence-electron chi connectivity index (χ3n) is 2.93. The van der Waals surface area contributed by atoms with E-state index < -0.39 is 6.61 Å². The van der Waals surface area contributed by atoms with Gasteiger partial charge in [-0.2, -0.15) is 13.9 Å². The molecular formula is C14H13Cl2F2N3O2. The molecule has 0 saturated carbocycles. The SMILES string of the molecule is CC(Cn1cc(Cl)cn1)C(=O)Nc1ccc(OC(F)F)c(Cl)c1. The predicted molar refractivity (Wildman–Crippen MR) is 83.1 cm³/mol. The van der Waals surface area contributed by atoms with Gasteiger partial charge in [0.25, 0.3) is 0 Å². The summed E-state index contributed by atoms with van der Waals surface area (Å²) < 4.78 is 30.1. The van der Waals surface area contributed by atoms with Crippen molar-refractivity contribution in [3.63, 3.8) is 0 Å². The van der Waals surface area contributed by atoms with Gasteiger partial charge in [-0.05, 0) is 18.2 Å². The van der Waals surface area contributed by atoms with Gasteiger partial charge in [0.15, 0.2) is 0 Å². The number of anilines is 1. The van der Waals surface area contributed by atoms with Crippen molar-refractivity contribution in [1.82, 2.24) is 9.78 Å². The quantitative estimate of drug-likeness (QED) is 0.841. The van der Waals surface area contributed by atoms with Crippen molar-refractivity contribution in [2.45, 2.75) is 20.1 Å². The number of rotatable bonds is 6. The van der Waals surface area contributed by atoms with Crippen molar-refractivity contribution in [2.24, 2.45) is 5.92 Å². The number of aromatic nitrogens is 2. The summed E-state index contributed by atoms with van der Waals surface area (Å²) in [6.07, 6.45) is 3.09. The summed E-state index contributed by atoms with van der Waals surface area (Å²) in [5.41, 5.74) is 0.381. The Kier molecular flexibility index (Phi) is 5.79. The number of alkyl halides is 2. The number of hydrogen-bond donors (Lipinski definition) is 1. The highest BCUT2D eigenvalue weighted by molar-refractivity contribution is 6.32. The number of nitrogens with zero attached hydrogens (tertiary/aromatic N) is 2. The van der Waals surface area contributed by atoms with Crippen LogP contribution in [0.5, 0.6) is 5.75 Å². The Morgan fingerprint density at radius 2 is 2.17 bits per heavy atom. The number of amides is 1. The Morgan fingerprint density at radius 3 is 2.74 bits per heavy atom. The largest absolute Gasteiger partial charge is 0.433 e. The Bertz CT molecular complexity index is 694. The van der Waals surface area contributed by atoms with Crippen LogP contribution in [0.3, 0.4) is 0 Å². The summed E-state index contributed by atoms with van der Waals surface area (Å²) in [5, 5.41) is 7.11. The number of benzene rings is 1. The Labute approximate surface area is 141 Å². The van der Waals surface area contributed by atoms with Crippen LogP contribution in [-0.2, 0) is 11.3 Å². The lowest BCUT2D eigenvalue weighted by atomic mass is 10.1. The molecule has 9 heteroatoms. The lowest BCUT2D eigenvalue weighted by Gasteiger charge is -2.13. The molecule has 1 aromatic carbocycles. The molecule has 2 rings (SSSR count). The average molecular weight is 364 g/mol. The van der Waals surface area contributed by atoms with E-state index in [4.69, 9.17) is 23.2 Å². The second-order valence-corrected chi connectivity index (χ2v) is 5.64. The molecule has 2 aromatic rings. The first-order chi connectivity index (χ1) is 10.8. The Balaban J connectivity index is 1.97. The molecular weight excluding hydrogens is 351 g/mol. The van der Waals surface area contributed by atoms with E-state index in [0.29, 0.717) is 17.3 Å². The van der Waals surface area contributed by atoms with E-state index >= 15 is 0 Å². The maximum absolute atomic E-state index is 12.2. The van der Waals surface area contributed by atoms with Crippen molar-refractivity contribution in [2.75, 3.05) is 5.32 Å². The van der Waals surface area contributed by atoms with E-state index in [1.165, 1.54) is 24.4 Å². The number of ether oxygens (including phenoxy) is 1. The van der Waals surface area contributed by atoms with E-state index in [1.54, 1.807) is 17.8 Å². The topological polar surface area (TPSA) is 56.2 Å². The molecule has 1 heterocycles. The summed E-state index contributed by atoms with van der Waals surface area (Å²) in [6, 6.07) is 4.04. The number of carbonyl (C=O) groups is 1. The van der Waals surface area contributed by atoms with E-state index in [0.717, 1.165) is 0 Å². The zero-order chi connectivity index (χ0) is 17.0. The molecule has 1 atom stereocenters. The molecule has 0 aliphatic heterocycles. The van der Waals surface area contributed by atoms with Gasteiger partial charge in [0, 0.05) is 11.9 Å². The first-order valence-corrected chi connectivity index (χ1v) is 7.34. The average Bonchev–Trinajstić information content (AvgIpc) is 2.86. The van der Waals surface area contributed by atoms with Crippen molar-refractivity contribution in [3.8, 4) is 5.75 Å². The zero-order valence-electron chi connectivity index (χ0n) is 12.0. The molecule has 1 aromatic heterocycles. The summed E-state index contributed by atoms with van der Waals surface area (Å²) in [5.74, 6) is -0.809. The van der Waals surface area contributed by atoms with E-state index in [9.17, 15) is 13.6 Å². The monoisotopic (exact) mass is 363 g/mol. The molecule has 23 heavy (non-hydrogen) atoms. The lowest BCUT2D eigenvalue weighted by molar-refractivity contribution is -0.119. The Hall–Kier alpha value is -1.86. The first kappa shape index (κ1) is 17.5. The first-order valence-electron chi connectivity index (χ1n) is 6.58. The Morgan fingerprint density at radius 1 is 1.43 bits per heavy atom. The predicted octanol–water partition coefficient (Wildman–Crippen LogP) is 4.07. The number of hydrogen-bond acceptors (Lipinski definition) is 3. The van der Waals surface area contributed by atoms with E-state index in [2.05, 4.69) is 15.2 Å². The molecule has 0 radical (unpaired) electrons. The molecule has 0 fully saturated rings. The number of carbonyl (C=O) groups excluding carboxylic acids is 1. The van der Waals surface area contributed by atoms with Crippen LogP contribution < -0.4 is 10.1 Å². The van der Waals surface area contributed by atoms with Crippen LogP contribution in [0.15, 0.2) is 30.6 Å². The maximum Gasteiger partial charge on any atom is 0.387 e. The third kappa shape index (κ3) is 5.07. The van der Waals surface area contributed by atoms with Gasteiger partial charge in [0.1, 0.15) is 5.75 Å². The standard InChI is InChI=1S/C14H13Cl2F2N3O2/c1-8(6-21-7-9(15)5-19-21)13(22)20-10-2-3-12(11(16)4-10)23-14(17)18/h2-5,7-8,14H,6H2,1H3,(H,20,22). The molecule has 0 saturated heterocycles. The fourth-order valence-electron chi connectivity index (χ4n) is 1.84. The normalized spacial score (nSPS) is 12.3. The van der Waals surface area contributed by atoms with Crippen molar-refractivity contribution in [1.29, 1.82) is 0 Å². The molecule has 1 unspecified atom stereocenters. The molecule has 1 amide bonds. The van der Waals surface area contributed by atoms with Crippen LogP contribution in [0.25, 0.3) is 0 Å². The number of halogens is 4. The molecule has 1 N–H and O–H groups in total. The van der Waals surface area contributed by atoms with Crippen molar-refractivity contribution < 1.29 is 18.3 Å². The van der Waals surface area contributed by atoms with Gasteiger partial charge in [-0.25, -0.2) is 0 Å². The van der Waals surface area contributed by atoms with E-state index in [-0.39, 0.29) is 22.6 Å². The summed E-state index contributed by atoms with van der Waals surface area (Å²) in [6.45, 7) is -0.895. The van der Waals surface area contributed by atoms with Gasteiger partial charge in [-0.1, -0.05) is 30.1 Å². The summed E-state index contributed by atoms with van der Waals surface area (Å²) in [4.78, 5) is 12.1. The molecule has 124 valence electrons. The van der Waals surface area contributed by atoms with Crippen LogP contribution >= 0.6 is 23.2 Å². The lowest BCUT2D eigenvalue weighted by Crippen LogP contribution is -2.24. The minimum Gasteiger partial charge on any atom is -0.433 e. The smallest absolute Gasteiger partial charge is 0.387 e. The van der Waals surface area contributed by atoms with Gasteiger partial charge in [0.2, 0.25) is 5.91 Å². The van der Waals surface area contributed by atoms with Crippen LogP contribution in [0.4, 0.5) is 14.5 Å². The van der Waals surface area contributed by atoms with Gasteiger partial charge in [-0.15, -0.1) is 0 Å². The highest BCUT2D eigenvalue weighted by Gasteiger charge is 2.16. The molecule has 0 aliphatic rings. The summed E-state index contributed by atoms with van der Waals surface area (Å²) in [7, 11) is 0. The summed E-state index contributed by atoms with van der Waals surface area (Å²) >= 11 is 11.6. The fraction of sp³-hybridized carbons (Fsp3) is 0.286. The minimum atomic E-state index is -2.96.